The van der Waals surface area contributed by atoms with Crippen LogP contribution >= 0.6 is 0 Å². The van der Waals surface area contributed by atoms with E-state index in [1.54, 1.807) is 13.2 Å². The largest absolute Gasteiger partial charge is 0.496 e. The van der Waals surface area contributed by atoms with E-state index in [9.17, 15) is 9.59 Å². The maximum Gasteiger partial charge on any atom is 0.342 e. The van der Waals surface area contributed by atoms with Crippen LogP contribution in [0.2, 0.25) is 0 Å². The maximum absolute atomic E-state index is 12.0. The molecule has 122 valence electrons. The van der Waals surface area contributed by atoms with Crippen LogP contribution in [0.3, 0.4) is 0 Å². The van der Waals surface area contributed by atoms with Crippen molar-refractivity contribution in [3.8, 4) is 11.5 Å². The van der Waals surface area contributed by atoms with Gasteiger partial charge in [0.2, 0.25) is 0 Å². The highest BCUT2D eigenvalue weighted by Crippen LogP contribution is 2.43. The average molecular weight is 318 g/mol. The summed E-state index contributed by atoms with van der Waals surface area (Å²) in [7, 11) is 1.56. The number of aliphatic carboxylic acids is 1. The molecule has 1 aromatic rings. The summed E-state index contributed by atoms with van der Waals surface area (Å²) in [5.74, 6) is -0.183. The quantitative estimate of drug-likeness (QED) is 0.859. The Morgan fingerprint density at radius 2 is 2.22 bits per heavy atom. The van der Waals surface area contributed by atoms with Gasteiger partial charge in [0.1, 0.15) is 23.7 Å². The summed E-state index contributed by atoms with van der Waals surface area (Å²) in [4.78, 5) is 22.8. The first-order valence-electron chi connectivity index (χ1n) is 7.38. The van der Waals surface area contributed by atoms with Gasteiger partial charge in [-0.15, -0.1) is 0 Å². The molecule has 0 fully saturated rings. The molecule has 2 aliphatic heterocycles. The Hall–Kier alpha value is -2.50. The smallest absolute Gasteiger partial charge is 0.342 e. The van der Waals surface area contributed by atoms with E-state index in [0.29, 0.717) is 29.0 Å². The van der Waals surface area contributed by atoms with Crippen LogP contribution in [-0.4, -0.2) is 30.8 Å². The van der Waals surface area contributed by atoms with Gasteiger partial charge in [0, 0.05) is 17.4 Å². The molecule has 0 saturated heterocycles. The number of carboxylic acid groups (broad SMARTS) is 1. The SMILES string of the molecule is COc1cc2c(c3c1C=CC(C)(CCC(=O)O)CO3)C(=O)OC2. The minimum atomic E-state index is -0.844. The molecule has 6 nitrogen and oxygen atoms in total. The molecule has 0 radical (unpaired) electrons. The predicted octanol–water partition coefficient (Wildman–Crippen LogP) is 2.64. The van der Waals surface area contributed by atoms with E-state index in [4.69, 9.17) is 19.3 Å². The van der Waals surface area contributed by atoms with Crippen molar-refractivity contribution in [3.63, 3.8) is 0 Å². The minimum Gasteiger partial charge on any atom is -0.496 e. The molecule has 1 N–H and O–H groups in total. The number of carboxylic acids is 1. The zero-order valence-electron chi connectivity index (χ0n) is 13.0. The third kappa shape index (κ3) is 2.76. The van der Waals surface area contributed by atoms with Crippen LogP contribution in [-0.2, 0) is 16.1 Å². The predicted molar refractivity (Wildman–Crippen MR) is 81.6 cm³/mol. The van der Waals surface area contributed by atoms with Gasteiger partial charge in [-0.05, 0) is 12.5 Å². The molecule has 0 spiro atoms. The summed E-state index contributed by atoms with van der Waals surface area (Å²) >= 11 is 0. The highest BCUT2D eigenvalue weighted by atomic mass is 16.5. The van der Waals surface area contributed by atoms with Gasteiger partial charge in [-0.25, -0.2) is 4.79 Å². The van der Waals surface area contributed by atoms with E-state index in [2.05, 4.69) is 0 Å². The molecule has 2 aliphatic rings. The lowest BCUT2D eigenvalue weighted by Crippen LogP contribution is -2.23. The topological polar surface area (TPSA) is 82.1 Å². The molecule has 0 aliphatic carbocycles. The highest BCUT2D eigenvalue weighted by Gasteiger charge is 2.34. The number of esters is 1. The van der Waals surface area contributed by atoms with Crippen LogP contribution in [0.25, 0.3) is 6.08 Å². The molecular formula is C17H18O6. The number of hydrogen-bond donors (Lipinski definition) is 1. The maximum atomic E-state index is 12.0. The molecule has 1 unspecified atom stereocenters. The molecule has 23 heavy (non-hydrogen) atoms. The lowest BCUT2D eigenvalue weighted by Gasteiger charge is -2.24. The first-order valence-corrected chi connectivity index (χ1v) is 7.38. The van der Waals surface area contributed by atoms with Crippen LogP contribution in [0.4, 0.5) is 0 Å². The molecule has 1 aromatic carbocycles. The average Bonchev–Trinajstić information content (AvgIpc) is 2.80. The molecule has 0 amide bonds. The van der Waals surface area contributed by atoms with E-state index in [1.807, 2.05) is 19.1 Å². The summed E-state index contributed by atoms with van der Waals surface area (Å²) in [6.45, 7) is 2.43. The van der Waals surface area contributed by atoms with E-state index in [0.717, 1.165) is 5.56 Å². The van der Waals surface area contributed by atoms with Gasteiger partial charge in [0.05, 0.1) is 19.3 Å². The molecule has 3 rings (SSSR count). The lowest BCUT2D eigenvalue weighted by molar-refractivity contribution is -0.137. The summed E-state index contributed by atoms with van der Waals surface area (Å²) in [5.41, 5.74) is 1.43. The third-order valence-electron chi connectivity index (χ3n) is 4.25. The number of fused-ring (bicyclic) bond motifs is 3. The van der Waals surface area contributed by atoms with E-state index in [-0.39, 0.29) is 19.6 Å². The van der Waals surface area contributed by atoms with Crippen LogP contribution in [0.1, 0.15) is 41.3 Å². The van der Waals surface area contributed by atoms with Gasteiger partial charge in [-0.1, -0.05) is 19.1 Å². The molecule has 0 saturated carbocycles. The Balaban J connectivity index is 2.01. The Kier molecular flexibility index (Phi) is 3.75. The van der Waals surface area contributed by atoms with E-state index < -0.39 is 17.4 Å². The molecule has 0 bridgehead atoms. The van der Waals surface area contributed by atoms with Crippen molar-refractivity contribution < 1.29 is 28.9 Å². The Morgan fingerprint density at radius 3 is 2.91 bits per heavy atom. The fourth-order valence-corrected chi connectivity index (χ4v) is 2.85. The molecule has 2 heterocycles. The van der Waals surface area contributed by atoms with Gasteiger partial charge in [-0.2, -0.15) is 0 Å². The lowest BCUT2D eigenvalue weighted by atomic mass is 9.86. The number of hydrogen-bond acceptors (Lipinski definition) is 5. The number of carbonyl (C=O) groups excluding carboxylic acids is 1. The second-order valence-corrected chi connectivity index (χ2v) is 6.10. The van der Waals surface area contributed by atoms with Crippen molar-refractivity contribution in [2.75, 3.05) is 13.7 Å². The number of methoxy groups -OCH3 is 1. The number of ether oxygens (including phenoxy) is 3. The monoisotopic (exact) mass is 318 g/mol. The van der Waals surface area contributed by atoms with Gasteiger partial charge < -0.3 is 19.3 Å². The normalized spacial score (nSPS) is 21.7. The summed E-state index contributed by atoms with van der Waals surface area (Å²) in [5, 5.41) is 8.90. The summed E-state index contributed by atoms with van der Waals surface area (Å²) < 4.78 is 16.4. The van der Waals surface area contributed by atoms with Gasteiger partial charge in [-0.3, -0.25) is 4.79 Å². The van der Waals surface area contributed by atoms with Crippen molar-refractivity contribution in [1.82, 2.24) is 0 Å². The van der Waals surface area contributed by atoms with Crippen molar-refractivity contribution in [2.45, 2.75) is 26.4 Å². The first-order chi connectivity index (χ1) is 10.9. The van der Waals surface area contributed by atoms with Crippen LogP contribution in [0.15, 0.2) is 12.1 Å². The zero-order chi connectivity index (χ0) is 16.6. The molecule has 6 heteroatoms. The van der Waals surface area contributed by atoms with Crippen LogP contribution in [0, 0.1) is 5.41 Å². The molecule has 0 aromatic heterocycles. The fraction of sp³-hybridized carbons (Fsp3) is 0.412. The van der Waals surface area contributed by atoms with Crippen LogP contribution < -0.4 is 9.47 Å². The number of benzene rings is 1. The first kappa shape index (κ1) is 15.4. The highest BCUT2D eigenvalue weighted by molar-refractivity contribution is 5.98. The Morgan fingerprint density at radius 1 is 1.43 bits per heavy atom. The summed E-state index contributed by atoms with van der Waals surface area (Å²) in [6.07, 6.45) is 4.27. The van der Waals surface area contributed by atoms with Crippen molar-refractivity contribution in [3.05, 3.63) is 28.8 Å². The van der Waals surface area contributed by atoms with Crippen LogP contribution in [0.5, 0.6) is 11.5 Å². The van der Waals surface area contributed by atoms with E-state index >= 15 is 0 Å². The fourth-order valence-electron chi connectivity index (χ4n) is 2.85. The number of cyclic esters (lactones) is 1. The zero-order valence-corrected chi connectivity index (χ0v) is 13.0. The number of carbonyl (C=O) groups is 2. The second kappa shape index (κ2) is 5.61. The minimum absolute atomic E-state index is 0.0534. The second-order valence-electron chi connectivity index (χ2n) is 6.10. The molecular weight excluding hydrogens is 300 g/mol. The Labute approximate surface area is 133 Å². The third-order valence-corrected chi connectivity index (χ3v) is 4.25. The van der Waals surface area contributed by atoms with Gasteiger partial charge in [0.25, 0.3) is 0 Å². The van der Waals surface area contributed by atoms with Crippen molar-refractivity contribution >= 4 is 18.0 Å². The van der Waals surface area contributed by atoms with E-state index in [1.165, 1.54) is 0 Å². The molecule has 1 atom stereocenters. The van der Waals surface area contributed by atoms with Gasteiger partial charge >= 0.3 is 11.9 Å². The Bertz CT molecular complexity index is 706. The number of rotatable bonds is 4. The van der Waals surface area contributed by atoms with Crippen molar-refractivity contribution in [1.29, 1.82) is 0 Å². The van der Waals surface area contributed by atoms with Crippen molar-refractivity contribution in [2.24, 2.45) is 5.41 Å². The summed E-state index contributed by atoms with van der Waals surface area (Å²) in [6, 6.07) is 1.78. The van der Waals surface area contributed by atoms with Gasteiger partial charge in [0.15, 0.2) is 0 Å². The standard InChI is InChI=1S/C17H18O6/c1-17(6-4-13(18)19)5-3-11-12(21-2)7-10-8-22-16(20)14(10)15(11)23-9-17/h3,5,7H,4,6,8-9H2,1-2H3,(H,18,19).